The molecule has 1 amide bonds. The average Bonchev–Trinajstić information content (AvgIpc) is 3.64. The molecule has 0 spiro atoms. The zero-order valence-corrected chi connectivity index (χ0v) is 17.1. The van der Waals surface area contributed by atoms with Crippen LogP contribution in [0, 0.1) is 5.82 Å². The van der Waals surface area contributed by atoms with Crippen molar-refractivity contribution in [2.45, 2.75) is 18.8 Å². The molecule has 1 saturated heterocycles. The van der Waals surface area contributed by atoms with E-state index in [9.17, 15) is 9.18 Å². The van der Waals surface area contributed by atoms with Gasteiger partial charge in [0.2, 0.25) is 0 Å². The van der Waals surface area contributed by atoms with E-state index in [4.69, 9.17) is 11.6 Å². The number of benzene rings is 2. The summed E-state index contributed by atoms with van der Waals surface area (Å²) in [4.78, 5) is 20.1. The van der Waals surface area contributed by atoms with Crippen LogP contribution in [0.1, 0.15) is 34.7 Å². The van der Waals surface area contributed by atoms with E-state index in [1.807, 2.05) is 6.07 Å². The first kappa shape index (κ1) is 19.7. The molecule has 2 aliphatic rings. The third kappa shape index (κ3) is 3.68. The fourth-order valence-corrected chi connectivity index (χ4v) is 4.26. The highest BCUT2D eigenvalue weighted by Crippen LogP contribution is 2.47. The van der Waals surface area contributed by atoms with Crippen molar-refractivity contribution in [3.05, 3.63) is 59.5 Å². The molecule has 0 atom stereocenters. The number of carbonyl (C=O) groups excluding carboxylic acids is 1. The van der Waals surface area contributed by atoms with Gasteiger partial charge in [0.15, 0.2) is 0 Å². The third-order valence-corrected chi connectivity index (χ3v) is 6.03. The second kappa shape index (κ2) is 7.79. The van der Waals surface area contributed by atoms with Gasteiger partial charge in [-0.25, -0.2) is 15.2 Å². The van der Waals surface area contributed by atoms with Crippen LogP contribution < -0.4 is 26.8 Å². The maximum atomic E-state index is 13.6. The van der Waals surface area contributed by atoms with Crippen molar-refractivity contribution in [2.24, 2.45) is 5.84 Å². The van der Waals surface area contributed by atoms with Crippen LogP contribution in [-0.4, -0.2) is 37.1 Å². The summed E-state index contributed by atoms with van der Waals surface area (Å²) in [5.74, 6) is 5.50. The van der Waals surface area contributed by atoms with Crippen LogP contribution >= 0.6 is 0 Å². The Balaban J connectivity index is 1.51. The molecule has 1 aromatic heterocycles. The molecule has 2 heterocycles. The number of amides is 1. The van der Waals surface area contributed by atoms with Crippen LogP contribution in [0.5, 0.6) is 0 Å². The second-order valence-corrected chi connectivity index (χ2v) is 8.18. The van der Waals surface area contributed by atoms with Crippen LogP contribution in [0.15, 0.2) is 42.6 Å². The van der Waals surface area contributed by atoms with E-state index in [1.165, 1.54) is 23.4 Å². The molecule has 2 fully saturated rings. The number of nitrogens with zero attached hydrogens (tertiary/aromatic N) is 3. The maximum absolute atomic E-state index is 13.6. The Hall–Kier alpha value is -3.23. The molecule has 1 aliphatic heterocycles. The minimum Gasteiger partial charge on any atom is -0.397 e. The molecule has 31 heavy (non-hydrogen) atoms. The number of hydrogen-bond donors (Lipinski definition) is 3. The van der Waals surface area contributed by atoms with Crippen molar-refractivity contribution in [1.82, 2.24) is 10.3 Å². The van der Waals surface area contributed by atoms with E-state index in [1.54, 1.807) is 12.3 Å². The number of hydrazine groups is 1. The normalized spacial score (nSPS) is 16.5. The lowest BCUT2D eigenvalue weighted by molar-refractivity contribution is 0.0986. The van der Waals surface area contributed by atoms with Gasteiger partial charge in [-0.2, -0.15) is 0 Å². The van der Waals surface area contributed by atoms with Gasteiger partial charge in [-0.1, -0.05) is 6.07 Å². The predicted molar refractivity (Wildman–Crippen MR) is 121 cm³/mol. The van der Waals surface area contributed by atoms with Gasteiger partial charge in [0.1, 0.15) is 5.82 Å². The Morgan fingerprint density at radius 2 is 1.94 bits per heavy atom. The Bertz CT molecular complexity index is 1160. The average molecular weight is 420 g/mol. The number of halogens is 1. The van der Waals surface area contributed by atoms with Crippen molar-refractivity contribution in [1.29, 1.82) is 0 Å². The molecular weight excluding hydrogens is 395 g/mol. The summed E-state index contributed by atoms with van der Waals surface area (Å²) in [5.41, 5.74) is 10.0. The van der Waals surface area contributed by atoms with Crippen LogP contribution in [0.2, 0.25) is 0 Å². The molecule has 1 saturated carbocycles. The van der Waals surface area contributed by atoms with Gasteiger partial charge in [-0.15, -0.1) is 0 Å². The van der Waals surface area contributed by atoms with Crippen molar-refractivity contribution in [3.8, 4) is 0 Å². The predicted octanol–water partition coefficient (Wildman–Crippen LogP) is 2.76. The highest BCUT2D eigenvalue weighted by atomic mass is 19.1. The van der Waals surface area contributed by atoms with Crippen LogP contribution in [0.25, 0.3) is 10.9 Å². The first-order valence-corrected chi connectivity index (χ1v) is 10.6. The van der Waals surface area contributed by atoms with E-state index < -0.39 is 11.7 Å². The van der Waals surface area contributed by atoms with Crippen LogP contribution in [0.4, 0.5) is 21.5 Å². The number of fused-ring (bicyclic) bond motifs is 1. The number of rotatable bonds is 4. The second-order valence-electron chi connectivity index (χ2n) is 8.18. The number of piperazine rings is 1. The SMILES string of the molecule is Nc1ccc(F)cc1N(N)C(=O)c1cnc2c(C3CC3)c(N3CCNCC3)ccc2c1. The largest absolute Gasteiger partial charge is 0.397 e. The number of nitrogens with one attached hydrogen (secondary N) is 1. The lowest BCUT2D eigenvalue weighted by atomic mass is 10.0. The molecule has 5 N–H and O–H groups in total. The van der Waals surface area contributed by atoms with Gasteiger partial charge < -0.3 is 16.0 Å². The molecule has 1 aliphatic carbocycles. The summed E-state index contributed by atoms with van der Waals surface area (Å²) >= 11 is 0. The Labute approximate surface area is 179 Å². The summed E-state index contributed by atoms with van der Waals surface area (Å²) in [6, 6.07) is 9.71. The third-order valence-electron chi connectivity index (χ3n) is 6.03. The number of pyridine rings is 1. The van der Waals surface area contributed by atoms with Gasteiger partial charge in [-0.3, -0.25) is 9.78 Å². The molecule has 0 radical (unpaired) electrons. The number of carbonyl (C=O) groups is 1. The molecule has 8 heteroatoms. The van der Waals surface area contributed by atoms with Crippen LogP contribution in [0.3, 0.4) is 0 Å². The zero-order chi connectivity index (χ0) is 21.5. The first-order valence-electron chi connectivity index (χ1n) is 10.6. The van der Waals surface area contributed by atoms with Gasteiger partial charge in [0, 0.05) is 55.1 Å². The fourth-order valence-electron chi connectivity index (χ4n) is 4.26. The Kier molecular flexibility index (Phi) is 4.95. The summed E-state index contributed by atoms with van der Waals surface area (Å²) < 4.78 is 13.6. The number of nitrogens with two attached hydrogens (primary N) is 2. The highest BCUT2D eigenvalue weighted by Gasteiger charge is 2.31. The number of anilines is 3. The molecule has 3 aromatic rings. The molecule has 2 aromatic carbocycles. The smallest absolute Gasteiger partial charge is 0.274 e. The number of aromatic nitrogens is 1. The van der Waals surface area contributed by atoms with Crippen molar-refractivity contribution < 1.29 is 9.18 Å². The zero-order valence-electron chi connectivity index (χ0n) is 17.1. The molecule has 0 unspecified atom stereocenters. The van der Waals surface area contributed by atoms with E-state index in [-0.39, 0.29) is 11.4 Å². The summed E-state index contributed by atoms with van der Waals surface area (Å²) in [7, 11) is 0. The standard InChI is InChI=1S/C23H25FN6O/c24-17-4-5-18(25)20(12-17)30(26)23(31)16-11-15-3-6-19(29-9-7-27-8-10-29)21(14-1-2-14)22(15)28-13-16/h3-6,11-14,27H,1-2,7-10,25-26H2. The lowest BCUT2D eigenvalue weighted by Gasteiger charge is -2.31. The topological polar surface area (TPSA) is 101 Å². The summed E-state index contributed by atoms with van der Waals surface area (Å²) in [5, 5.41) is 5.16. The van der Waals surface area contributed by atoms with Crippen LogP contribution in [-0.2, 0) is 0 Å². The van der Waals surface area contributed by atoms with Gasteiger partial charge in [0.25, 0.3) is 5.91 Å². The molecule has 160 valence electrons. The van der Waals surface area contributed by atoms with Crippen molar-refractivity contribution >= 4 is 33.9 Å². The molecule has 0 bridgehead atoms. The lowest BCUT2D eigenvalue weighted by Crippen LogP contribution is -2.43. The van der Waals surface area contributed by atoms with E-state index in [0.717, 1.165) is 61.0 Å². The van der Waals surface area contributed by atoms with Crippen molar-refractivity contribution in [2.75, 3.05) is 41.8 Å². The van der Waals surface area contributed by atoms with E-state index in [2.05, 4.69) is 21.3 Å². The van der Waals surface area contributed by atoms with Crippen molar-refractivity contribution in [3.63, 3.8) is 0 Å². The highest BCUT2D eigenvalue weighted by molar-refractivity contribution is 6.08. The molecule has 7 nitrogen and oxygen atoms in total. The minimum absolute atomic E-state index is 0.123. The van der Waals surface area contributed by atoms with E-state index >= 15 is 0 Å². The number of hydrogen-bond acceptors (Lipinski definition) is 6. The van der Waals surface area contributed by atoms with E-state index in [0.29, 0.717) is 11.5 Å². The summed E-state index contributed by atoms with van der Waals surface area (Å²) in [6.07, 6.45) is 3.87. The first-order chi connectivity index (χ1) is 15.0. The molecule has 5 rings (SSSR count). The van der Waals surface area contributed by atoms with Gasteiger partial charge >= 0.3 is 0 Å². The fraction of sp³-hybridized carbons (Fsp3) is 0.304. The monoisotopic (exact) mass is 420 g/mol. The minimum atomic E-state index is -0.515. The maximum Gasteiger partial charge on any atom is 0.274 e. The Morgan fingerprint density at radius 1 is 1.16 bits per heavy atom. The van der Waals surface area contributed by atoms with Gasteiger partial charge in [0.05, 0.1) is 22.5 Å². The quantitative estimate of drug-likeness (QED) is 0.260. The van der Waals surface area contributed by atoms with Gasteiger partial charge in [-0.05, 0) is 43.0 Å². The molecular formula is C23H25FN6O. The Morgan fingerprint density at radius 3 is 2.68 bits per heavy atom. The summed E-state index contributed by atoms with van der Waals surface area (Å²) in [6.45, 7) is 3.88. The number of nitrogen functional groups attached to an aromatic ring is 1.